The number of benzene rings is 1. The fraction of sp³-hybridized carbons (Fsp3) is 0.538. The smallest absolute Gasteiger partial charge is 0.0828 e. The van der Waals surface area contributed by atoms with E-state index in [0.29, 0.717) is 6.10 Å². The molecule has 0 aliphatic carbocycles. The Bertz CT molecular complexity index is 307. The standard InChI is InChI=1S/C13H19NO/c1-2-5-11-6-3-4-7-12(11)10-15-13-8-14-9-13/h3-4,6-7,13-14H,2,5,8-10H2,1H3. The van der Waals surface area contributed by atoms with Crippen LogP contribution in [0.15, 0.2) is 24.3 Å². The zero-order valence-electron chi connectivity index (χ0n) is 9.33. The maximum absolute atomic E-state index is 5.79. The van der Waals surface area contributed by atoms with Gasteiger partial charge in [-0.2, -0.15) is 0 Å². The quantitative estimate of drug-likeness (QED) is 0.795. The highest BCUT2D eigenvalue weighted by Gasteiger charge is 2.17. The number of hydrogen-bond donors (Lipinski definition) is 1. The van der Waals surface area contributed by atoms with Crippen molar-refractivity contribution in [3.8, 4) is 0 Å². The summed E-state index contributed by atoms with van der Waals surface area (Å²) in [6, 6.07) is 8.59. The van der Waals surface area contributed by atoms with Crippen molar-refractivity contribution >= 4 is 0 Å². The molecule has 2 rings (SSSR count). The van der Waals surface area contributed by atoms with Crippen LogP contribution in [0.2, 0.25) is 0 Å². The highest BCUT2D eigenvalue weighted by Crippen LogP contribution is 2.13. The summed E-state index contributed by atoms with van der Waals surface area (Å²) in [6.45, 7) is 5.00. The van der Waals surface area contributed by atoms with Gasteiger partial charge in [-0.25, -0.2) is 0 Å². The Morgan fingerprint density at radius 2 is 2.00 bits per heavy atom. The summed E-state index contributed by atoms with van der Waals surface area (Å²) < 4.78 is 5.79. The van der Waals surface area contributed by atoms with Gasteiger partial charge in [0.1, 0.15) is 0 Å². The van der Waals surface area contributed by atoms with E-state index < -0.39 is 0 Å². The summed E-state index contributed by atoms with van der Waals surface area (Å²) in [5, 5.41) is 3.21. The van der Waals surface area contributed by atoms with E-state index in [1.807, 2.05) is 0 Å². The first-order chi connectivity index (χ1) is 7.40. The molecule has 0 atom stereocenters. The van der Waals surface area contributed by atoms with E-state index in [0.717, 1.165) is 26.1 Å². The summed E-state index contributed by atoms with van der Waals surface area (Å²) >= 11 is 0. The molecule has 1 aliphatic heterocycles. The van der Waals surface area contributed by atoms with Gasteiger partial charge in [0.25, 0.3) is 0 Å². The maximum Gasteiger partial charge on any atom is 0.0828 e. The van der Waals surface area contributed by atoms with E-state index in [1.165, 1.54) is 17.5 Å². The number of ether oxygens (including phenoxy) is 1. The van der Waals surface area contributed by atoms with Gasteiger partial charge in [0.05, 0.1) is 12.7 Å². The van der Waals surface area contributed by atoms with Crippen LogP contribution in [0.4, 0.5) is 0 Å². The lowest BCUT2D eigenvalue weighted by Crippen LogP contribution is -2.48. The fourth-order valence-corrected chi connectivity index (χ4v) is 1.80. The Labute approximate surface area is 91.6 Å². The Morgan fingerprint density at radius 1 is 1.27 bits per heavy atom. The van der Waals surface area contributed by atoms with Crippen LogP contribution < -0.4 is 5.32 Å². The third-order valence-corrected chi connectivity index (χ3v) is 2.86. The van der Waals surface area contributed by atoms with Gasteiger partial charge in [-0.3, -0.25) is 0 Å². The lowest BCUT2D eigenvalue weighted by Gasteiger charge is -2.27. The van der Waals surface area contributed by atoms with Gasteiger partial charge in [-0.15, -0.1) is 0 Å². The fourth-order valence-electron chi connectivity index (χ4n) is 1.80. The number of aryl methyl sites for hydroxylation is 1. The maximum atomic E-state index is 5.79. The van der Waals surface area contributed by atoms with Crippen LogP contribution in [0.3, 0.4) is 0 Å². The van der Waals surface area contributed by atoms with Crippen molar-refractivity contribution in [1.82, 2.24) is 5.32 Å². The second-order valence-electron chi connectivity index (χ2n) is 4.11. The molecule has 2 nitrogen and oxygen atoms in total. The van der Waals surface area contributed by atoms with Crippen LogP contribution in [0, 0.1) is 0 Å². The molecule has 1 aromatic carbocycles. The molecular formula is C13H19NO. The SMILES string of the molecule is CCCc1ccccc1COC1CNC1. The predicted molar refractivity (Wildman–Crippen MR) is 61.9 cm³/mol. The first-order valence-electron chi connectivity index (χ1n) is 5.79. The minimum atomic E-state index is 0.430. The average molecular weight is 205 g/mol. The molecule has 1 fully saturated rings. The molecule has 0 bridgehead atoms. The Kier molecular flexibility index (Phi) is 3.75. The van der Waals surface area contributed by atoms with Gasteiger partial charge in [0.2, 0.25) is 0 Å². The molecule has 1 aliphatic rings. The van der Waals surface area contributed by atoms with Crippen LogP contribution in [0.5, 0.6) is 0 Å². The highest BCUT2D eigenvalue weighted by atomic mass is 16.5. The molecule has 15 heavy (non-hydrogen) atoms. The van der Waals surface area contributed by atoms with Crippen LogP contribution in [-0.4, -0.2) is 19.2 Å². The molecule has 0 unspecified atom stereocenters. The third kappa shape index (κ3) is 2.80. The first kappa shape index (κ1) is 10.7. The lowest BCUT2D eigenvalue weighted by atomic mass is 10.0. The van der Waals surface area contributed by atoms with Crippen molar-refractivity contribution < 1.29 is 4.74 Å². The minimum absolute atomic E-state index is 0.430. The molecular weight excluding hydrogens is 186 g/mol. The summed E-state index contributed by atoms with van der Waals surface area (Å²) in [5.74, 6) is 0. The second-order valence-corrected chi connectivity index (χ2v) is 4.11. The normalized spacial score (nSPS) is 16.3. The van der Waals surface area contributed by atoms with Crippen LogP contribution in [0.1, 0.15) is 24.5 Å². The molecule has 0 aromatic heterocycles. The van der Waals surface area contributed by atoms with Crippen molar-refractivity contribution in [2.24, 2.45) is 0 Å². The van der Waals surface area contributed by atoms with Crippen LogP contribution in [-0.2, 0) is 17.8 Å². The Balaban J connectivity index is 1.92. The molecule has 1 N–H and O–H groups in total. The van der Waals surface area contributed by atoms with Gasteiger partial charge in [-0.05, 0) is 17.5 Å². The van der Waals surface area contributed by atoms with E-state index in [9.17, 15) is 0 Å². The van der Waals surface area contributed by atoms with Crippen molar-refractivity contribution in [3.05, 3.63) is 35.4 Å². The van der Waals surface area contributed by atoms with E-state index in [1.54, 1.807) is 0 Å². The number of rotatable bonds is 5. The predicted octanol–water partition coefficient (Wildman–Crippen LogP) is 2.13. The topological polar surface area (TPSA) is 21.3 Å². The summed E-state index contributed by atoms with van der Waals surface area (Å²) in [5.41, 5.74) is 2.79. The van der Waals surface area contributed by atoms with E-state index in [2.05, 4.69) is 36.5 Å². The molecule has 1 heterocycles. The zero-order chi connectivity index (χ0) is 10.5. The van der Waals surface area contributed by atoms with Crippen molar-refractivity contribution in [2.75, 3.05) is 13.1 Å². The van der Waals surface area contributed by atoms with Gasteiger partial charge < -0.3 is 10.1 Å². The molecule has 0 amide bonds. The summed E-state index contributed by atoms with van der Waals surface area (Å²) in [7, 11) is 0. The molecule has 2 heteroatoms. The highest BCUT2D eigenvalue weighted by molar-refractivity contribution is 5.26. The van der Waals surface area contributed by atoms with Gasteiger partial charge in [-0.1, -0.05) is 37.6 Å². The molecule has 0 saturated carbocycles. The Morgan fingerprint density at radius 3 is 2.60 bits per heavy atom. The zero-order valence-corrected chi connectivity index (χ0v) is 9.33. The summed E-state index contributed by atoms with van der Waals surface area (Å²) in [4.78, 5) is 0. The van der Waals surface area contributed by atoms with E-state index in [-0.39, 0.29) is 0 Å². The van der Waals surface area contributed by atoms with Crippen LogP contribution in [0.25, 0.3) is 0 Å². The monoisotopic (exact) mass is 205 g/mol. The van der Waals surface area contributed by atoms with E-state index in [4.69, 9.17) is 4.74 Å². The average Bonchev–Trinajstić information content (AvgIpc) is 2.18. The minimum Gasteiger partial charge on any atom is -0.371 e. The number of nitrogens with one attached hydrogen (secondary N) is 1. The Hall–Kier alpha value is -0.860. The summed E-state index contributed by atoms with van der Waals surface area (Å²) in [6.07, 6.45) is 2.78. The van der Waals surface area contributed by atoms with Gasteiger partial charge in [0.15, 0.2) is 0 Å². The molecule has 1 aromatic rings. The van der Waals surface area contributed by atoms with Crippen molar-refractivity contribution in [1.29, 1.82) is 0 Å². The molecule has 82 valence electrons. The third-order valence-electron chi connectivity index (χ3n) is 2.86. The first-order valence-corrected chi connectivity index (χ1v) is 5.79. The lowest BCUT2D eigenvalue weighted by molar-refractivity contribution is 0.00728. The molecule has 1 saturated heterocycles. The van der Waals surface area contributed by atoms with Crippen LogP contribution >= 0.6 is 0 Å². The molecule has 0 radical (unpaired) electrons. The van der Waals surface area contributed by atoms with Gasteiger partial charge in [0, 0.05) is 13.1 Å². The van der Waals surface area contributed by atoms with Crippen molar-refractivity contribution in [2.45, 2.75) is 32.5 Å². The van der Waals surface area contributed by atoms with Gasteiger partial charge >= 0.3 is 0 Å². The second kappa shape index (κ2) is 5.29. The largest absolute Gasteiger partial charge is 0.371 e. The molecule has 0 spiro atoms. The van der Waals surface area contributed by atoms with Crippen molar-refractivity contribution in [3.63, 3.8) is 0 Å². The number of hydrogen-bond acceptors (Lipinski definition) is 2. The van der Waals surface area contributed by atoms with E-state index >= 15 is 0 Å².